The Morgan fingerprint density at radius 2 is 0.651 bits per heavy atom. The van der Waals surface area contributed by atoms with Crippen LogP contribution in [-0.4, -0.2) is 37.2 Å². The van der Waals surface area contributed by atoms with Crippen LogP contribution in [0.1, 0.15) is 226 Å². The largest absolute Gasteiger partial charge is 0.462 e. The number of carbonyl (C=O) groups excluding carboxylic acids is 3. The van der Waals surface area contributed by atoms with E-state index in [0.717, 1.165) is 77.0 Å². The molecule has 0 aromatic rings. The lowest BCUT2D eigenvalue weighted by molar-refractivity contribution is -0.167. The van der Waals surface area contributed by atoms with Gasteiger partial charge in [0.15, 0.2) is 6.10 Å². The second-order valence-electron chi connectivity index (χ2n) is 16.8. The van der Waals surface area contributed by atoms with Crippen LogP contribution >= 0.6 is 0 Å². The molecule has 0 fully saturated rings. The summed E-state index contributed by atoms with van der Waals surface area (Å²) in [6.45, 7) is 6.37. The average Bonchev–Trinajstić information content (AvgIpc) is 3.28. The Bertz CT molecular complexity index is 1280. The Labute approximate surface area is 387 Å². The minimum absolute atomic E-state index is 0.100. The maximum Gasteiger partial charge on any atom is 0.306 e. The number of hydrogen-bond acceptors (Lipinski definition) is 6. The molecule has 0 N–H and O–H groups in total. The van der Waals surface area contributed by atoms with Crippen LogP contribution in [0.5, 0.6) is 0 Å². The van der Waals surface area contributed by atoms with Crippen molar-refractivity contribution in [2.75, 3.05) is 13.2 Å². The smallest absolute Gasteiger partial charge is 0.306 e. The Morgan fingerprint density at radius 1 is 0.333 bits per heavy atom. The molecule has 358 valence electrons. The zero-order valence-electron chi connectivity index (χ0n) is 40.8. The van der Waals surface area contributed by atoms with Crippen molar-refractivity contribution in [2.45, 2.75) is 232 Å². The van der Waals surface area contributed by atoms with Crippen LogP contribution in [0.2, 0.25) is 0 Å². The Hall–Kier alpha value is -3.67. The minimum Gasteiger partial charge on any atom is -0.462 e. The molecule has 63 heavy (non-hydrogen) atoms. The standard InChI is InChI=1S/C57H94O6/c1-4-7-10-13-16-19-22-24-26-27-28-29-31-32-35-38-41-44-47-50-56(59)62-53-54(52-61-55(58)49-46-43-40-37-34-21-18-15-12-9-6-3)63-57(60)51-48-45-42-39-36-33-30-25-23-20-17-14-11-8-5-2/h8,11,14-20,22-25,30,33,36,54H,4-7,9-10,12-13,21,26-29,31-32,34-35,37-53H2,1-3H3/b11-8-,17-14-,18-15-,19-16-,23-20-,24-22-,30-25-,36-33-. The number of esters is 3. The van der Waals surface area contributed by atoms with Crippen LogP contribution < -0.4 is 0 Å². The van der Waals surface area contributed by atoms with E-state index in [1.165, 1.54) is 103 Å². The fourth-order valence-corrected chi connectivity index (χ4v) is 6.79. The summed E-state index contributed by atoms with van der Waals surface area (Å²) in [6, 6.07) is 0. The molecule has 0 amide bonds. The predicted molar refractivity (Wildman–Crippen MR) is 270 cm³/mol. The zero-order chi connectivity index (χ0) is 45.8. The molecule has 0 heterocycles. The maximum atomic E-state index is 12.8. The van der Waals surface area contributed by atoms with E-state index < -0.39 is 6.10 Å². The van der Waals surface area contributed by atoms with Gasteiger partial charge in [0, 0.05) is 19.3 Å². The van der Waals surface area contributed by atoms with Gasteiger partial charge in [-0.2, -0.15) is 0 Å². The quantitative estimate of drug-likeness (QED) is 0.0199. The van der Waals surface area contributed by atoms with Gasteiger partial charge in [0.2, 0.25) is 0 Å². The fourth-order valence-electron chi connectivity index (χ4n) is 6.79. The number of unbranched alkanes of at least 4 members (excludes halogenated alkanes) is 23. The van der Waals surface area contributed by atoms with Crippen LogP contribution in [0.15, 0.2) is 97.2 Å². The number of ether oxygens (including phenoxy) is 3. The minimum atomic E-state index is -0.804. The zero-order valence-corrected chi connectivity index (χ0v) is 40.8. The molecule has 0 aromatic carbocycles. The molecule has 0 aliphatic heterocycles. The molecular formula is C57H94O6. The first-order valence-electron chi connectivity index (χ1n) is 25.8. The van der Waals surface area contributed by atoms with Gasteiger partial charge in [-0.05, 0) is 83.5 Å². The molecule has 0 spiro atoms. The van der Waals surface area contributed by atoms with Crippen LogP contribution in [0.4, 0.5) is 0 Å². The van der Waals surface area contributed by atoms with E-state index in [9.17, 15) is 14.4 Å². The highest BCUT2D eigenvalue weighted by Crippen LogP contribution is 2.14. The maximum absolute atomic E-state index is 12.8. The van der Waals surface area contributed by atoms with E-state index in [1.54, 1.807) is 0 Å². The molecule has 0 rings (SSSR count). The molecule has 0 bridgehead atoms. The monoisotopic (exact) mass is 875 g/mol. The summed E-state index contributed by atoms with van der Waals surface area (Å²) in [5, 5.41) is 0. The molecule has 0 radical (unpaired) electrons. The van der Waals surface area contributed by atoms with E-state index in [1.807, 2.05) is 48.6 Å². The third-order valence-electron chi connectivity index (χ3n) is 10.7. The lowest BCUT2D eigenvalue weighted by Crippen LogP contribution is -2.30. The first-order chi connectivity index (χ1) is 31.0. The van der Waals surface area contributed by atoms with Gasteiger partial charge in [-0.25, -0.2) is 0 Å². The van der Waals surface area contributed by atoms with E-state index in [4.69, 9.17) is 14.2 Å². The third-order valence-corrected chi connectivity index (χ3v) is 10.7. The highest BCUT2D eigenvalue weighted by atomic mass is 16.6. The highest BCUT2D eigenvalue weighted by molar-refractivity contribution is 5.71. The topological polar surface area (TPSA) is 78.9 Å². The summed E-state index contributed by atoms with van der Waals surface area (Å²) in [6.07, 6.45) is 66.7. The molecular weight excluding hydrogens is 781 g/mol. The summed E-state index contributed by atoms with van der Waals surface area (Å²) in [5.74, 6) is -0.959. The number of carbonyl (C=O) groups is 3. The van der Waals surface area contributed by atoms with Crippen LogP contribution in [0.25, 0.3) is 0 Å². The summed E-state index contributed by atoms with van der Waals surface area (Å²) >= 11 is 0. The third kappa shape index (κ3) is 49.2. The Balaban J connectivity index is 4.43. The molecule has 1 unspecified atom stereocenters. The summed E-state index contributed by atoms with van der Waals surface area (Å²) in [5.41, 5.74) is 0. The molecule has 1 atom stereocenters. The molecule has 6 heteroatoms. The van der Waals surface area contributed by atoms with Crippen molar-refractivity contribution in [1.29, 1.82) is 0 Å². The van der Waals surface area contributed by atoms with Crippen molar-refractivity contribution in [1.82, 2.24) is 0 Å². The summed E-state index contributed by atoms with van der Waals surface area (Å²) in [7, 11) is 0. The van der Waals surface area contributed by atoms with Crippen molar-refractivity contribution in [2.24, 2.45) is 0 Å². The van der Waals surface area contributed by atoms with Crippen LogP contribution in [0, 0.1) is 0 Å². The first kappa shape index (κ1) is 59.3. The van der Waals surface area contributed by atoms with E-state index >= 15 is 0 Å². The van der Waals surface area contributed by atoms with Gasteiger partial charge in [0.05, 0.1) is 0 Å². The van der Waals surface area contributed by atoms with Gasteiger partial charge in [0.25, 0.3) is 0 Å². The lowest BCUT2D eigenvalue weighted by atomic mass is 10.1. The number of rotatable bonds is 45. The van der Waals surface area contributed by atoms with Crippen LogP contribution in [0.3, 0.4) is 0 Å². The Morgan fingerprint density at radius 3 is 1.10 bits per heavy atom. The first-order valence-corrected chi connectivity index (χ1v) is 25.8. The van der Waals surface area contributed by atoms with Crippen molar-refractivity contribution in [3.63, 3.8) is 0 Å². The van der Waals surface area contributed by atoms with Crippen molar-refractivity contribution in [3.8, 4) is 0 Å². The molecule has 0 aliphatic rings. The van der Waals surface area contributed by atoms with Crippen molar-refractivity contribution >= 4 is 17.9 Å². The average molecular weight is 875 g/mol. The van der Waals surface area contributed by atoms with Crippen molar-refractivity contribution in [3.05, 3.63) is 97.2 Å². The molecule has 0 saturated heterocycles. The van der Waals surface area contributed by atoms with Gasteiger partial charge in [0.1, 0.15) is 13.2 Å². The summed E-state index contributed by atoms with van der Waals surface area (Å²) in [4.78, 5) is 37.9. The number of hydrogen-bond donors (Lipinski definition) is 0. The normalized spacial score (nSPS) is 12.9. The second-order valence-corrected chi connectivity index (χ2v) is 16.8. The Kier molecular flexibility index (Phi) is 48.0. The van der Waals surface area contributed by atoms with Gasteiger partial charge >= 0.3 is 17.9 Å². The van der Waals surface area contributed by atoms with Gasteiger partial charge in [-0.3, -0.25) is 14.4 Å². The van der Waals surface area contributed by atoms with Crippen molar-refractivity contribution < 1.29 is 28.6 Å². The molecule has 0 aliphatic carbocycles. The fraction of sp³-hybridized carbons (Fsp3) is 0.667. The van der Waals surface area contributed by atoms with Crippen LogP contribution in [-0.2, 0) is 28.6 Å². The highest BCUT2D eigenvalue weighted by Gasteiger charge is 2.19. The van der Waals surface area contributed by atoms with Gasteiger partial charge < -0.3 is 14.2 Å². The van der Waals surface area contributed by atoms with E-state index in [2.05, 4.69) is 69.4 Å². The molecule has 0 saturated carbocycles. The van der Waals surface area contributed by atoms with Gasteiger partial charge in [-0.15, -0.1) is 0 Å². The molecule has 6 nitrogen and oxygen atoms in total. The lowest BCUT2D eigenvalue weighted by Gasteiger charge is -2.18. The van der Waals surface area contributed by atoms with E-state index in [0.29, 0.717) is 19.3 Å². The second kappa shape index (κ2) is 51.0. The SMILES string of the molecule is CC\C=C/C=C\C=C/C=C\C=C/CCCCCC(=O)OC(COC(=O)CCCCCCC/C=C\CCCC)COC(=O)CCCCCCCCCCCC/C=C\C=C/CCCCC. The van der Waals surface area contributed by atoms with Gasteiger partial charge in [-0.1, -0.05) is 221 Å². The summed E-state index contributed by atoms with van der Waals surface area (Å²) < 4.78 is 16.7. The number of allylic oxidation sites excluding steroid dienone is 16. The predicted octanol–water partition coefficient (Wildman–Crippen LogP) is 17.0. The molecule has 0 aromatic heterocycles. The van der Waals surface area contributed by atoms with E-state index in [-0.39, 0.29) is 37.5 Å².